The Morgan fingerprint density at radius 3 is 2.44 bits per heavy atom. The highest BCUT2D eigenvalue weighted by Crippen LogP contribution is 2.58. The van der Waals surface area contributed by atoms with Crippen molar-refractivity contribution in [2.24, 2.45) is 23.2 Å². The largest absolute Gasteiger partial charge is 0.462 e. The van der Waals surface area contributed by atoms with Gasteiger partial charge in [-0.05, 0) is 18.8 Å². The minimum absolute atomic E-state index is 0.0397. The lowest BCUT2D eigenvalue weighted by Crippen LogP contribution is -2.40. The second-order valence-corrected chi connectivity index (χ2v) is 8.01. The van der Waals surface area contributed by atoms with Crippen molar-refractivity contribution in [1.82, 2.24) is 0 Å². The van der Waals surface area contributed by atoms with E-state index in [9.17, 15) is 14.4 Å². The van der Waals surface area contributed by atoms with E-state index in [0.717, 1.165) is 0 Å². The molecule has 3 aliphatic rings. The lowest BCUT2D eigenvalue weighted by atomic mass is 9.69. The Bertz CT molecular complexity index is 625. The summed E-state index contributed by atoms with van der Waals surface area (Å²) in [5.41, 5.74) is 0.0956. The molecule has 1 heterocycles. The van der Waals surface area contributed by atoms with Crippen LogP contribution in [0.2, 0.25) is 0 Å². The van der Waals surface area contributed by atoms with E-state index in [4.69, 9.17) is 14.2 Å². The first kappa shape index (κ1) is 18.0. The fraction of sp³-hybridized carbons (Fsp3) is 0.737. The molecule has 3 fully saturated rings. The van der Waals surface area contributed by atoms with Gasteiger partial charge in [0.15, 0.2) is 0 Å². The van der Waals surface area contributed by atoms with Crippen LogP contribution in [0, 0.1) is 23.2 Å². The molecule has 0 aromatic rings. The highest BCUT2D eigenvalue weighted by atomic mass is 16.6. The Morgan fingerprint density at radius 2 is 1.84 bits per heavy atom. The van der Waals surface area contributed by atoms with Crippen molar-refractivity contribution in [2.45, 2.75) is 65.3 Å². The summed E-state index contributed by atoms with van der Waals surface area (Å²) in [6, 6.07) is 0. The first-order valence-corrected chi connectivity index (χ1v) is 8.87. The van der Waals surface area contributed by atoms with Crippen LogP contribution in [-0.4, -0.2) is 36.2 Å². The van der Waals surface area contributed by atoms with Gasteiger partial charge in [-0.25, -0.2) is 4.79 Å². The van der Waals surface area contributed by atoms with Crippen molar-refractivity contribution < 1.29 is 28.6 Å². The molecule has 0 radical (unpaired) electrons. The van der Waals surface area contributed by atoms with Gasteiger partial charge >= 0.3 is 17.9 Å². The Hall–Kier alpha value is -1.85. The van der Waals surface area contributed by atoms with E-state index in [1.807, 2.05) is 0 Å². The topological polar surface area (TPSA) is 78.9 Å². The van der Waals surface area contributed by atoms with Crippen LogP contribution in [0.4, 0.5) is 0 Å². The molecular formula is C19H26O6. The third kappa shape index (κ3) is 2.96. The maximum Gasteiger partial charge on any atom is 0.334 e. The zero-order chi connectivity index (χ0) is 18.5. The molecule has 0 aromatic heterocycles. The van der Waals surface area contributed by atoms with Gasteiger partial charge in [-0.2, -0.15) is 0 Å². The first-order chi connectivity index (χ1) is 11.6. The summed E-state index contributed by atoms with van der Waals surface area (Å²) in [6.45, 7) is 10.9. The number of hydrogen-bond acceptors (Lipinski definition) is 6. The van der Waals surface area contributed by atoms with Crippen LogP contribution in [0.1, 0.15) is 47.0 Å². The number of esters is 3. The molecule has 0 bridgehead atoms. The van der Waals surface area contributed by atoms with E-state index in [1.54, 1.807) is 0 Å². The monoisotopic (exact) mass is 350 g/mol. The van der Waals surface area contributed by atoms with E-state index in [1.165, 1.54) is 13.8 Å². The molecule has 0 amide bonds. The van der Waals surface area contributed by atoms with Crippen LogP contribution >= 0.6 is 0 Å². The molecule has 3 rings (SSSR count). The van der Waals surface area contributed by atoms with E-state index in [-0.39, 0.29) is 54.0 Å². The van der Waals surface area contributed by atoms with Crippen molar-refractivity contribution in [3.05, 3.63) is 12.2 Å². The predicted molar refractivity (Wildman–Crippen MR) is 88.2 cm³/mol. The standard InChI is InChI=1S/C19H26O6/c1-9-6-14-13(10(2)18(22)25-14)8-19(5)16(24-12(4)21)7-15(17(9)19)23-11(3)20/h9,13-17H,2,6-8H2,1,3-5H3/t9?,13-,14-,15?,16?,17?,19-/m1/s1. The minimum Gasteiger partial charge on any atom is -0.462 e. The van der Waals surface area contributed by atoms with Crippen LogP contribution in [0.25, 0.3) is 0 Å². The van der Waals surface area contributed by atoms with Crippen LogP contribution < -0.4 is 0 Å². The van der Waals surface area contributed by atoms with Gasteiger partial charge < -0.3 is 14.2 Å². The summed E-state index contributed by atoms with van der Waals surface area (Å²) in [4.78, 5) is 35.2. The lowest BCUT2D eigenvalue weighted by Gasteiger charge is -2.39. The Morgan fingerprint density at radius 1 is 1.20 bits per heavy atom. The van der Waals surface area contributed by atoms with Crippen molar-refractivity contribution in [2.75, 3.05) is 0 Å². The maximum atomic E-state index is 11.9. The number of carbonyl (C=O) groups is 3. The summed E-state index contributed by atoms with van der Waals surface area (Å²) in [5.74, 6) is -0.897. The van der Waals surface area contributed by atoms with Crippen LogP contribution in [0.3, 0.4) is 0 Å². The number of hydrogen-bond donors (Lipinski definition) is 0. The molecule has 2 aliphatic carbocycles. The van der Waals surface area contributed by atoms with Gasteiger partial charge in [-0.3, -0.25) is 9.59 Å². The summed E-state index contributed by atoms with van der Waals surface area (Å²) in [6.07, 6.45) is 0.957. The normalized spacial score (nSPS) is 42.9. The zero-order valence-corrected chi connectivity index (χ0v) is 15.2. The average molecular weight is 350 g/mol. The fourth-order valence-electron chi connectivity index (χ4n) is 5.39. The molecule has 0 N–H and O–H groups in total. The summed E-state index contributed by atoms with van der Waals surface area (Å²) in [5, 5.41) is 0. The summed E-state index contributed by atoms with van der Waals surface area (Å²) >= 11 is 0. The first-order valence-electron chi connectivity index (χ1n) is 8.87. The van der Waals surface area contributed by atoms with Gasteiger partial charge in [0.2, 0.25) is 0 Å². The molecule has 0 aromatic carbocycles. The van der Waals surface area contributed by atoms with Crippen molar-refractivity contribution >= 4 is 17.9 Å². The van der Waals surface area contributed by atoms with E-state index in [0.29, 0.717) is 24.8 Å². The number of fused-ring (bicyclic) bond motifs is 2. The molecule has 25 heavy (non-hydrogen) atoms. The molecule has 1 aliphatic heterocycles. The minimum atomic E-state index is -0.401. The number of ether oxygens (including phenoxy) is 3. The van der Waals surface area contributed by atoms with Gasteiger partial charge in [0.25, 0.3) is 0 Å². The average Bonchev–Trinajstić information content (AvgIpc) is 2.82. The van der Waals surface area contributed by atoms with Gasteiger partial charge in [0, 0.05) is 43.1 Å². The van der Waals surface area contributed by atoms with Crippen molar-refractivity contribution in [3.63, 3.8) is 0 Å². The lowest BCUT2D eigenvalue weighted by molar-refractivity contribution is -0.153. The third-order valence-electron chi connectivity index (χ3n) is 6.26. The number of rotatable bonds is 2. The Kier molecular flexibility index (Phi) is 4.41. The molecule has 4 unspecified atom stereocenters. The van der Waals surface area contributed by atoms with Crippen LogP contribution in [-0.2, 0) is 28.6 Å². The SMILES string of the molecule is C=C1C(=O)O[C@@H]2CC(C)C3C(OC(C)=O)CC(OC(C)=O)[C@@]3(C)C[C@H]12. The second-order valence-electron chi connectivity index (χ2n) is 8.01. The number of carbonyl (C=O) groups excluding carboxylic acids is 3. The molecule has 0 spiro atoms. The van der Waals surface area contributed by atoms with E-state index < -0.39 is 5.41 Å². The molecular weight excluding hydrogens is 324 g/mol. The smallest absolute Gasteiger partial charge is 0.334 e. The van der Waals surface area contributed by atoms with E-state index in [2.05, 4.69) is 20.4 Å². The zero-order valence-electron chi connectivity index (χ0n) is 15.2. The van der Waals surface area contributed by atoms with Crippen molar-refractivity contribution in [3.8, 4) is 0 Å². The summed E-state index contributed by atoms with van der Waals surface area (Å²) in [7, 11) is 0. The Balaban J connectivity index is 1.98. The molecule has 7 atom stereocenters. The molecule has 138 valence electrons. The quantitative estimate of drug-likeness (QED) is 0.432. The van der Waals surface area contributed by atoms with Crippen molar-refractivity contribution in [1.29, 1.82) is 0 Å². The van der Waals surface area contributed by atoms with Gasteiger partial charge in [-0.15, -0.1) is 0 Å². The van der Waals surface area contributed by atoms with Gasteiger partial charge in [0.1, 0.15) is 18.3 Å². The predicted octanol–water partition coefficient (Wildman–Crippen LogP) is 2.40. The van der Waals surface area contributed by atoms with Crippen LogP contribution in [0.15, 0.2) is 12.2 Å². The molecule has 6 heteroatoms. The van der Waals surface area contributed by atoms with Gasteiger partial charge in [0.05, 0.1) is 0 Å². The maximum absolute atomic E-state index is 11.9. The van der Waals surface area contributed by atoms with E-state index >= 15 is 0 Å². The highest BCUT2D eigenvalue weighted by Gasteiger charge is 2.61. The Labute approximate surface area is 147 Å². The van der Waals surface area contributed by atoms with Gasteiger partial charge in [-0.1, -0.05) is 20.4 Å². The second kappa shape index (κ2) is 6.15. The fourth-order valence-corrected chi connectivity index (χ4v) is 5.39. The summed E-state index contributed by atoms with van der Waals surface area (Å²) < 4.78 is 16.7. The third-order valence-corrected chi connectivity index (χ3v) is 6.26. The molecule has 6 nitrogen and oxygen atoms in total. The molecule has 1 saturated heterocycles. The highest BCUT2D eigenvalue weighted by molar-refractivity contribution is 5.90. The van der Waals surface area contributed by atoms with Crippen LogP contribution in [0.5, 0.6) is 0 Å². The molecule has 2 saturated carbocycles.